The summed E-state index contributed by atoms with van der Waals surface area (Å²) < 4.78 is 3.46. The Kier molecular flexibility index (Phi) is 2.05. The molecule has 0 aromatic carbocycles. The Morgan fingerprint density at radius 1 is 1.59 bits per heavy atom. The maximum absolute atomic E-state index is 12.2. The molecule has 86 valence electrons. The fourth-order valence-corrected chi connectivity index (χ4v) is 2.64. The van der Waals surface area contributed by atoms with Gasteiger partial charge in [0.15, 0.2) is 0 Å². The van der Waals surface area contributed by atoms with Gasteiger partial charge in [-0.05, 0) is 19.3 Å². The van der Waals surface area contributed by atoms with Gasteiger partial charge < -0.3 is 4.57 Å². The van der Waals surface area contributed by atoms with Crippen molar-refractivity contribution in [3.8, 4) is 0 Å². The zero-order valence-corrected chi connectivity index (χ0v) is 9.60. The molecule has 0 spiro atoms. The summed E-state index contributed by atoms with van der Waals surface area (Å²) in [7, 11) is 0. The lowest BCUT2D eigenvalue weighted by Gasteiger charge is -2.11. The standard InChI is InChI=1S/C12H12N4O/c1-3-8-10-5-4-6-15(10)11-9(13-2)7-14-16(11)12(8)17/h7H,3-6H2,1H3. The van der Waals surface area contributed by atoms with Crippen LogP contribution in [0.5, 0.6) is 0 Å². The molecular formula is C12H12N4O. The van der Waals surface area contributed by atoms with Crippen LogP contribution in [0.2, 0.25) is 0 Å². The van der Waals surface area contributed by atoms with Crippen LogP contribution in [0.15, 0.2) is 11.0 Å². The van der Waals surface area contributed by atoms with Gasteiger partial charge in [-0.25, -0.2) is 4.85 Å². The summed E-state index contributed by atoms with van der Waals surface area (Å²) in [5, 5.41) is 4.04. The van der Waals surface area contributed by atoms with Crippen LogP contribution >= 0.6 is 0 Å². The molecule has 0 atom stereocenters. The molecule has 5 nitrogen and oxygen atoms in total. The summed E-state index contributed by atoms with van der Waals surface area (Å²) in [6, 6.07) is 0. The van der Waals surface area contributed by atoms with E-state index in [0.717, 1.165) is 37.1 Å². The third-order valence-corrected chi connectivity index (χ3v) is 3.37. The summed E-state index contributed by atoms with van der Waals surface area (Å²) in [5.41, 5.74) is 3.00. The molecule has 0 saturated carbocycles. The van der Waals surface area contributed by atoms with Gasteiger partial charge in [-0.3, -0.25) is 4.79 Å². The molecule has 3 heterocycles. The Bertz CT molecular complexity index is 702. The predicted octanol–water partition coefficient (Wildman–Crippen LogP) is 1.56. The molecule has 0 aliphatic carbocycles. The molecule has 5 heteroatoms. The van der Waals surface area contributed by atoms with Crippen molar-refractivity contribution in [1.29, 1.82) is 0 Å². The Labute approximate surface area is 98.1 Å². The third-order valence-electron chi connectivity index (χ3n) is 3.37. The van der Waals surface area contributed by atoms with E-state index in [9.17, 15) is 4.79 Å². The highest BCUT2D eigenvalue weighted by Gasteiger charge is 2.22. The van der Waals surface area contributed by atoms with Crippen LogP contribution in [0.25, 0.3) is 10.5 Å². The van der Waals surface area contributed by atoms with Crippen molar-refractivity contribution in [2.45, 2.75) is 32.7 Å². The van der Waals surface area contributed by atoms with E-state index in [-0.39, 0.29) is 5.56 Å². The first kappa shape index (κ1) is 10.1. The van der Waals surface area contributed by atoms with Crippen LogP contribution < -0.4 is 5.56 Å². The Morgan fingerprint density at radius 2 is 2.41 bits per heavy atom. The smallest absolute Gasteiger partial charge is 0.276 e. The highest BCUT2D eigenvalue weighted by molar-refractivity contribution is 5.69. The first-order valence-corrected chi connectivity index (χ1v) is 5.77. The van der Waals surface area contributed by atoms with Crippen LogP contribution in [0.1, 0.15) is 24.6 Å². The lowest BCUT2D eigenvalue weighted by atomic mass is 10.1. The van der Waals surface area contributed by atoms with E-state index in [2.05, 4.69) is 14.5 Å². The van der Waals surface area contributed by atoms with Crippen molar-refractivity contribution in [3.05, 3.63) is 39.2 Å². The Morgan fingerprint density at radius 3 is 3.12 bits per heavy atom. The van der Waals surface area contributed by atoms with E-state index in [4.69, 9.17) is 6.57 Å². The van der Waals surface area contributed by atoms with Crippen molar-refractivity contribution < 1.29 is 0 Å². The van der Waals surface area contributed by atoms with Gasteiger partial charge in [0.25, 0.3) is 5.56 Å². The quantitative estimate of drug-likeness (QED) is 0.695. The highest BCUT2D eigenvalue weighted by atomic mass is 16.1. The number of rotatable bonds is 1. The Hall–Kier alpha value is -2.09. The van der Waals surface area contributed by atoms with Crippen molar-refractivity contribution >= 4 is 11.3 Å². The minimum atomic E-state index is -0.0643. The molecular weight excluding hydrogens is 216 g/mol. The van der Waals surface area contributed by atoms with Gasteiger partial charge in [0.1, 0.15) is 5.65 Å². The molecule has 0 saturated heterocycles. The van der Waals surface area contributed by atoms with Crippen molar-refractivity contribution in [1.82, 2.24) is 14.2 Å². The molecule has 3 rings (SSSR count). The molecule has 2 aromatic rings. The molecule has 0 bridgehead atoms. The summed E-state index contributed by atoms with van der Waals surface area (Å²) in [6.07, 6.45) is 4.17. The molecule has 1 aliphatic rings. The zero-order chi connectivity index (χ0) is 12.0. The molecule has 0 unspecified atom stereocenters. The predicted molar refractivity (Wildman–Crippen MR) is 63.4 cm³/mol. The van der Waals surface area contributed by atoms with Crippen molar-refractivity contribution in [2.24, 2.45) is 0 Å². The summed E-state index contributed by atoms with van der Waals surface area (Å²) in [6.45, 7) is 9.99. The van der Waals surface area contributed by atoms with E-state index in [1.165, 1.54) is 10.7 Å². The molecule has 2 aromatic heterocycles. The van der Waals surface area contributed by atoms with Crippen molar-refractivity contribution in [3.63, 3.8) is 0 Å². The first-order chi connectivity index (χ1) is 8.27. The van der Waals surface area contributed by atoms with Crippen LogP contribution in [0.4, 0.5) is 5.69 Å². The van der Waals surface area contributed by atoms with Gasteiger partial charge in [0, 0.05) is 17.8 Å². The number of nitrogens with zero attached hydrogens (tertiary/aromatic N) is 4. The first-order valence-electron chi connectivity index (χ1n) is 5.77. The monoisotopic (exact) mass is 228 g/mol. The molecule has 1 aliphatic heterocycles. The highest BCUT2D eigenvalue weighted by Crippen LogP contribution is 2.26. The maximum Gasteiger partial charge on any atom is 0.276 e. The van der Waals surface area contributed by atoms with E-state index < -0.39 is 0 Å². The number of fused-ring (bicyclic) bond motifs is 3. The van der Waals surface area contributed by atoms with Crippen LogP contribution in [0.3, 0.4) is 0 Å². The second-order valence-corrected chi connectivity index (χ2v) is 4.22. The van der Waals surface area contributed by atoms with E-state index in [0.29, 0.717) is 11.3 Å². The van der Waals surface area contributed by atoms with Gasteiger partial charge in [0.05, 0.1) is 12.8 Å². The van der Waals surface area contributed by atoms with E-state index in [1.54, 1.807) is 0 Å². The van der Waals surface area contributed by atoms with E-state index in [1.807, 2.05) is 6.92 Å². The second kappa shape index (κ2) is 3.45. The largest absolute Gasteiger partial charge is 0.338 e. The SMILES string of the molecule is [C-]#[N+]c1cnn2c(=O)c(CC)c3n(c12)CCC3. The third kappa shape index (κ3) is 1.18. The summed E-state index contributed by atoms with van der Waals surface area (Å²) in [4.78, 5) is 15.7. The van der Waals surface area contributed by atoms with Crippen LogP contribution in [-0.2, 0) is 19.4 Å². The average molecular weight is 228 g/mol. The number of aryl methyl sites for hydroxylation is 1. The van der Waals surface area contributed by atoms with Gasteiger partial charge in [-0.2, -0.15) is 9.61 Å². The normalized spacial score (nSPS) is 13.9. The Balaban J connectivity index is 2.55. The molecule has 0 radical (unpaired) electrons. The fourth-order valence-electron chi connectivity index (χ4n) is 2.64. The second-order valence-electron chi connectivity index (χ2n) is 4.22. The van der Waals surface area contributed by atoms with Crippen LogP contribution in [-0.4, -0.2) is 14.2 Å². The lowest BCUT2D eigenvalue weighted by Crippen LogP contribution is -2.24. The minimum absolute atomic E-state index is 0.0643. The molecule has 0 amide bonds. The summed E-state index contributed by atoms with van der Waals surface area (Å²) in [5.74, 6) is 0. The zero-order valence-electron chi connectivity index (χ0n) is 9.60. The topological polar surface area (TPSA) is 43.7 Å². The van der Waals surface area contributed by atoms with E-state index >= 15 is 0 Å². The lowest BCUT2D eigenvalue weighted by molar-refractivity contribution is 0.727. The number of hydrogen-bond donors (Lipinski definition) is 0. The fraction of sp³-hybridized carbons (Fsp3) is 0.417. The van der Waals surface area contributed by atoms with Gasteiger partial charge in [-0.1, -0.05) is 6.92 Å². The molecule has 17 heavy (non-hydrogen) atoms. The van der Waals surface area contributed by atoms with Crippen LogP contribution in [0, 0.1) is 6.57 Å². The molecule has 0 N–H and O–H groups in total. The average Bonchev–Trinajstić information content (AvgIpc) is 2.94. The number of aromatic nitrogens is 3. The molecule has 0 fully saturated rings. The van der Waals surface area contributed by atoms with Crippen molar-refractivity contribution in [2.75, 3.05) is 0 Å². The number of hydrogen-bond acceptors (Lipinski definition) is 2. The summed E-state index contributed by atoms with van der Waals surface area (Å²) >= 11 is 0. The minimum Gasteiger partial charge on any atom is -0.338 e. The van der Waals surface area contributed by atoms with Gasteiger partial charge in [0.2, 0.25) is 5.69 Å². The maximum atomic E-state index is 12.2. The van der Waals surface area contributed by atoms with Gasteiger partial charge in [-0.15, -0.1) is 0 Å². The van der Waals surface area contributed by atoms with Gasteiger partial charge >= 0.3 is 0 Å².